The number of aryl methyl sites for hydroxylation is 1. The SMILES string of the molecule is Cc1cccc(C(=O)NCC(=O)NC2CN([C@H]3CC[C@@H](c4c[nH]c(=O)s4)CC3)C2)c1. The first-order valence-electron chi connectivity index (χ1n) is 10.5. The van der Waals surface area contributed by atoms with E-state index in [4.69, 9.17) is 0 Å². The van der Waals surface area contributed by atoms with Crippen molar-refractivity contribution in [3.8, 4) is 0 Å². The number of carbonyl (C=O) groups is 2. The van der Waals surface area contributed by atoms with Crippen molar-refractivity contribution in [2.24, 2.45) is 0 Å². The zero-order chi connectivity index (χ0) is 21.1. The molecular weight excluding hydrogens is 400 g/mol. The number of carbonyl (C=O) groups excluding carboxylic acids is 2. The fourth-order valence-corrected chi connectivity index (χ4v) is 5.30. The monoisotopic (exact) mass is 428 g/mol. The Morgan fingerprint density at radius 1 is 1.20 bits per heavy atom. The second-order valence-corrected chi connectivity index (χ2v) is 9.40. The van der Waals surface area contributed by atoms with Crippen LogP contribution in [0.2, 0.25) is 0 Å². The fraction of sp³-hybridized carbons (Fsp3) is 0.500. The highest BCUT2D eigenvalue weighted by Gasteiger charge is 2.35. The lowest BCUT2D eigenvalue weighted by Gasteiger charge is -2.46. The Labute approximate surface area is 179 Å². The summed E-state index contributed by atoms with van der Waals surface area (Å²) in [5, 5.41) is 5.70. The van der Waals surface area contributed by atoms with Gasteiger partial charge in [-0.3, -0.25) is 19.3 Å². The number of thiazole rings is 1. The molecule has 2 fully saturated rings. The van der Waals surface area contributed by atoms with Crippen LogP contribution in [0.15, 0.2) is 35.3 Å². The Morgan fingerprint density at radius 3 is 2.63 bits per heavy atom. The van der Waals surface area contributed by atoms with E-state index in [1.807, 2.05) is 31.3 Å². The van der Waals surface area contributed by atoms with Crippen LogP contribution in [0.3, 0.4) is 0 Å². The van der Waals surface area contributed by atoms with Crippen molar-refractivity contribution in [2.45, 2.75) is 50.6 Å². The van der Waals surface area contributed by atoms with Crippen molar-refractivity contribution in [3.05, 3.63) is 56.1 Å². The first-order chi connectivity index (χ1) is 14.5. The second kappa shape index (κ2) is 9.14. The molecule has 7 nitrogen and oxygen atoms in total. The smallest absolute Gasteiger partial charge is 0.304 e. The van der Waals surface area contributed by atoms with Gasteiger partial charge in [-0.25, -0.2) is 0 Å². The zero-order valence-electron chi connectivity index (χ0n) is 17.1. The number of benzene rings is 1. The molecule has 1 aromatic heterocycles. The van der Waals surface area contributed by atoms with E-state index < -0.39 is 0 Å². The number of aromatic nitrogens is 1. The molecule has 3 N–H and O–H groups in total. The predicted octanol–water partition coefficient (Wildman–Crippen LogP) is 2.00. The summed E-state index contributed by atoms with van der Waals surface area (Å²) in [6, 6.07) is 8.03. The highest BCUT2D eigenvalue weighted by Crippen LogP contribution is 2.36. The van der Waals surface area contributed by atoms with Gasteiger partial charge in [-0.05, 0) is 50.7 Å². The molecule has 4 rings (SSSR count). The van der Waals surface area contributed by atoms with Gasteiger partial charge in [-0.15, -0.1) is 0 Å². The molecule has 0 bridgehead atoms. The summed E-state index contributed by atoms with van der Waals surface area (Å²) in [4.78, 5) is 42.1. The quantitative estimate of drug-likeness (QED) is 0.656. The van der Waals surface area contributed by atoms with Crippen LogP contribution < -0.4 is 15.5 Å². The van der Waals surface area contributed by atoms with E-state index in [2.05, 4.69) is 20.5 Å². The molecule has 1 aliphatic carbocycles. The number of aromatic amines is 1. The van der Waals surface area contributed by atoms with Crippen LogP contribution in [0, 0.1) is 6.92 Å². The molecule has 2 amide bonds. The molecule has 0 spiro atoms. The van der Waals surface area contributed by atoms with Crippen molar-refractivity contribution in [1.29, 1.82) is 0 Å². The number of likely N-dealkylation sites (tertiary alicyclic amines) is 1. The first-order valence-corrected chi connectivity index (χ1v) is 11.4. The van der Waals surface area contributed by atoms with E-state index in [9.17, 15) is 14.4 Å². The largest absolute Gasteiger partial charge is 0.349 e. The first kappa shape index (κ1) is 20.8. The highest BCUT2D eigenvalue weighted by molar-refractivity contribution is 7.09. The van der Waals surface area contributed by atoms with Crippen molar-refractivity contribution in [2.75, 3.05) is 19.6 Å². The summed E-state index contributed by atoms with van der Waals surface area (Å²) < 4.78 is 0. The van der Waals surface area contributed by atoms with Crippen LogP contribution in [-0.2, 0) is 4.79 Å². The Hall–Kier alpha value is -2.45. The van der Waals surface area contributed by atoms with Gasteiger partial charge in [0, 0.05) is 35.8 Å². The third-order valence-electron chi connectivity index (χ3n) is 6.12. The van der Waals surface area contributed by atoms with Crippen molar-refractivity contribution >= 4 is 23.2 Å². The van der Waals surface area contributed by atoms with Crippen molar-refractivity contribution in [3.63, 3.8) is 0 Å². The third-order valence-corrected chi connectivity index (χ3v) is 7.11. The molecule has 0 radical (unpaired) electrons. The maximum absolute atomic E-state index is 12.2. The molecule has 30 heavy (non-hydrogen) atoms. The zero-order valence-corrected chi connectivity index (χ0v) is 18.0. The normalized spacial score (nSPS) is 22.3. The summed E-state index contributed by atoms with van der Waals surface area (Å²) in [5.41, 5.74) is 1.58. The van der Waals surface area contributed by atoms with Crippen molar-refractivity contribution < 1.29 is 9.59 Å². The number of amides is 2. The predicted molar refractivity (Wildman–Crippen MR) is 117 cm³/mol. The average molecular weight is 429 g/mol. The van der Waals surface area contributed by atoms with Crippen LogP contribution in [0.25, 0.3) is 0 Å². The number of hydrogen-bond donors (Lipinski definition) is 3. The van der Waals surface area contributed by atoms with Gasteiger partial charge in [-0.2, -0.15) is 0 Å². The molecule has 160 valence electrons. The van der Waals surface area contributed by atoms with E-state index in [0.717, 1.165) is 44.3 Å². The van der Waals surface area contributed by atoms with Gasteiger partial charge < -0.3 is 15.6 Å². The van der Waals surface area contributed by atoms with Gasteiger partial charge in [0.05, 0.1) is 12.6 Å². The molecule has 8 heteroatoms. The summed E-state index contributed by atoms with van der Waals surface area (Å²) in [6.45, 7) is 3.66. The van der Waals surface area contributed by atoms with E-state index in [-0.39, 0.29) is 29.3 Å². The third kappa shape index (κ3) is 4.99. The molecule has 1 saturated carbocycles. The molecule has 0 unspecified atom stereocenters. The summed E-state index contributed by atoms with van der Waals surface area (Å²) in [7, 11) is 0. The topological polar surface area (TPSA) is 94.3 Å². The lowest BCUT2D eigenvalue weighted by atomic mass is 9.83. The lowest BCUT2D eigenvalue weighted by molar-refractivity contribution is -0.122. The van der Waals surface area contributed by atoms with Crippen molar-refractivity contribution in [1.82, 2.24) is 20.5 Å². The maximum atomic E-state index is 12.2. The Morgan fingerprint density at radius 2 is 1.97 bits per heavy atom. The van der Waals surface area contributed by atoms with Gasteiger partial charge in [0.25, 0.3) is 5.91 Å². The molecular formula is C22H28N4O3S. The number of H-pyrrole nitrogens is 1. The van der Waals surface area contributed by atoms with E-state index in [1.165, 1.54) is 16.2 Å². The average Bonchev–Trinajstić information content (AvgIpc) is 3.15. The number of rotatable bonds is 6. The Balaban J connectivity index is 1.14. The molecule has 2 heterocycles. The maximum Gasteiger partial charge on any atom is 0.304 e. The number of nitrogens with one attached hydrogen (secondary N) is 3. The summed E-state index contributed by atoms with van der Waals surface area (Å²) in [5.74, 6) is 0.124. The van der Waals surface area contributed by atoms with Gasteiger partial charge in [0.15, 0.2) is 0 Å². The minimum atomic E-state index is -0.228. The molecule has 2 aliphatic rings. The standard InChI is InChI=1S/C22H28N4O3S/c1-14-3-2-4-16(9-14)21(28)23-11-20(27)25-17-12-26(13-17)18-7-5-15(6-8-18)19-10-24-22(29)30-19/h2-4,9-10,15,17-18H,5-8,11-13H2,1H3,(H,23,28)(H,24,29)(H,25,27)/t15-,18+. The molecule has 1 aliphatic heterocycles. The van der Waals surface area contributed by atoms with Crippen LogP contribution in [0.4, 0.5) is 0 Å². The number of hydrogen-bond acceptors (Lipinski definition) is 5. The van der Waals surface area contributed by atoms with Crippen LogP contribution >= 0.6 is 11.3 Å². The Bertz CT molecular complexity index is 955. The highest BCUT2D eigenvalue weighted by atomic mass is 32.1. The van der Waals surface area contributed by atoms with E-state index in [0.29, 0.717) is 17.5 Å². The second-order valence-electron chi connectivity index (χ2n) is 8.36. The van der Waals surface area contributed by atoms with Crippen LogP contribution in [0.5, 0.6) is 0 Å². The number of nitrogens with zero attached hydrogens (tertiary/aromatic N) is 1. The molecule has 0 atom stereocenters. The van der Waals surface area contributed by atoms with Gasteiger partial charge in [0.2, 0.25) is 5.91 Å². The Kier molecular flexibility index (Phi) is 6.34. The summed E-state index contributed by atoms with van der Waals surface area (Å²) in [6.07, 6.45) is 6.34. The summed E-state index contributed by atoms with van der Waals surface area (Å²) >= 11 is 1.33. The minimum Gasteiger partial charge on any atom is -0.349 e. The van der Waals surface area contributed by atoms with Crippen LogP contribution in [0.1, 0.15) is 52.4 Å². The van der Waals surface area contributed by atoms with Gasteiger partial charge in [-0.1, -0.05) is 29.0 Å². The molecule has 2 aromatic rings. The van der Waals surface area contributed by atoms with E-state index >= 15 is 0 Å². The minimum absolute atomic E-state index is 0.00603. The van der Waals surface area contributed by atoms with E-state index in [1.54, 1.807) is 6.07 Å². The van der Waals surface area contributed by atoms with Gasteiger partial charge in [0.1, 0.15) is 0 Å². The molecule has 1 aromatic carbocycles. The fourth-order valence-electron chi connectivity index (χ4n) is 4.45. The van der Waals surface area contributed by atoms with Gasteiger partial charge >= 0.3 is 4.87 Å². The molecule has 1 saturated heterocycles. The van der Waals surface area contributed by atoms with Crippen LogP contribution in [-0.4, -0.2) is 53.4 Å². The lowest BCUT2D eigenvalue weighted by Crippen LogP contribution is -2.63.